The number of halogens is 3. The van der Waals surface area contributed by atoms with E-state index in [1.54, 1.807) is 12.1 Å². The quantitative estimate of drug-likeness (QED) is 0.708. The summed E-state index contributed by atoms with van der Waals surface area (Å²) in [5.74, 6) is 0.371. The molecule has 2 rings (SSSR count). The van der Waals surface area contributed by atoms with Gasteiger partial charge in [-0.1, -0.05) is 21.1 Å². The molecule has 0 spiro atoms. The summed E-state index contributed by atoms with van der Waals surface area (Å²) in [5, 5.41) is 4.04. The molecule has 0 saturated heterocycles. The second-order valence-electron chi connectivity index (χ2n) is 5.07. The van der Waals surface area contributed by atoms with Gasteiger partial charge in [-0.25, -0.2) is 8.42 Å². The lowest BCUT2D eigenvalue weighted by atomic mass is 9.95. The fraction of sp³-hybridized carbons (Fsp3) is 0.462. The van der Waals surface area contributed by atoms with Gasteiger partial charge in [0.2, 0.25) is 0 Å². The molecule has 0 amide bonds. The van der Waals surface area contributed by atoms with E-state index in [1.165, 1.54) is 6.26 Å². The third-order valence-electron chi connectivity index (χ3n) is 3.37. The second-order valence-corrected chi connectivity index (χ2v) is 8.45. The average molecular weight is 415 g/mol. The lowest BCUT2D eigenvalue weighted by Gasteiger charge is -2.20. The minimum atomic E-state index is -3.38. The Hall–Kier alpha value is -0.300. The van der Waals surface area contributed by atoms with Crippen LogP contribution in [0.25, 0.3) is 0 Å². The predicted octanol–water partition coefficient (Wildman–Crippen LogP) is 3.50. The normalized spacial score (nSPS) is 17.5. The van der Waals surface area contributed by atoms with Crippen LogP contribution < -0.4 is 0 Å². The van der Waals surface area contributed by atoms with Crippen molar-refractivity contribution in [2.24, 2.45) is 5.16 Å². The Balaban J connectivity index is 2.58. The van der Waals surface area contributed by atoms with Crippen LogP contribution in [0.5, 0.6) is 0 Å². The van der Waals surface area contributed by atoms with Gasteiger partial charge in [0.15, 0.2) is 15.4 Å². The molecule has 1 aliphatic rings. The predicted molar refractivity (Wildman–Crippen MR) is 88.4 cm³/mol. The van der Waals surface area contributed by atoms with Crippen LogP contribution in [-0.2, 0) is 14.7 Å². The largest absolute Gasteiger partial charge is 0.386 e. The van der Waals surface area contributed by atoms with E-state index >= 15 is 0 Å². The zero-order valence-corrected chi connectivity index (χ0v) is 15.4. The van der Waals surface area contributed by atoms with Gasteiger partial charge in [0.05, 0.1) is 22.4 Å². The molecule has 116 valence electrons. The van der Waals surface area contributed by atoms with Gasteiger partial charge in [0.25, 0.3) is 0 Å². The van der Waals surface area contributed by atoms with E-state index in [1.807, 2.05) is 6.92 Å². The van der Waals surface area contributed by atoms with Crippen molar-refractivity contribution in [2.45, 2.75) is 23.8 Å². The zero-order chi connectivity index (χ0) is 15.8. The Bertz CT molecular complexity index is 700. The van der Waals surface area contributed by atoms with Gasteiger partial charge in [-0.15, -0.1) is 23.2 Å². The van der Waals surface area contributed by atoms with Gasteiger partial charge < -0.3 is 4.84 Å². The number of sulfone groups is 1. The lowest BCUT2D eigenvalue weighted by Crippen LogP contribution is -2.33. The summed E-state index contributed by atoms with van der Waals surface area (Å²) in [6.07, 6.45) is 1.55. The molecule has 4 nitrogen and oxygen atoms in total. The maximum atomic E-state index is 12.0. The number of rotatable bonds is 4. The van der Waals surface area contributed by atoms with E-state index < -0.39 is 15.4 Å². The molecule has 0 radical (unpaired) electrons. The highest BCUT2D eigenvalue weighted by molar-refractivity contribution is 9.10. The maximum absolute atomic E-state index is 12.0. The number of oxime groups is 1. The molecule has 0 saturated carbocycles. The molecule has 1 aromatic rings. The van der Waals surface area contributed by atoms with Crippen LogP contribution in [0.1, 0.15) is 17.5 Å². The van der Waals surface area contributed by atoms with E-state index in [2.05, 4.69) is 21.1 Å². The molecule has 0 bridgehead atoms. The Morgan fingerprint density at radius 3 is 2.48 bits per heavy atom. The van der Waals surface area contributed by atoms with Crippen molar-refractivity contribution >= 4 is 54.7 Å². The molecule has 1 aliphatic heterocycles. The van der Waals surface area contributed by atoms with Gasteiger partial charge in [0.1, 0.15) is 0 Å². The highest BCUT2D eigenvalue weighted by atomic mass is 79.9. The highest BCUT2D eigenvalue weighted by Crippen LogP contribution is 2.34. The van der Waals surface area contributed by atoms with Crippen LogP contribution in [0.3, 0.4) is 0 Å². The first-order chi connectivity index (χ1) is 9.74. The fourth-order valence-electron chi connectivity index (χ4n) is 2.16. The van der Waals surface area contributed by atoms with E-state index in [4.69, 9.17) is 28.0 Å². The number of nitrogens with zero attached hydrogens (tertiary/aromatic N) is 1. The zero-order valence-electron chi connectivity index (χ0n) is 11.5. The summed E-state index contributed by atoms with van der Waals surface area (Å²) in [6, 6.07) is 3.27. The van der Waals surface area contributed by atoms with Crippen molar-refractivity contribution in [3.8, 4) is 0 Å². The van der Waals surface area contributed by atoms with Crippen molar-refractivity contribution in [3.05, 3.63) is 27.7 Å². The molecule has 0 aliphatic carbocycles. The summed E-state index contributed by atoms with van der Waals surface area (Å²) in [7, 11) is -3.38. The summed E-state index contributed by atoms with van der Waals surface area (Å²) in [5.41, 5.74) is 1.13. The first kappa shape index (κ1) is 17.1. The Labute approximate surface area is 142 Å². The van der Waals surface area contributed by atoms with Crippen molar-refractivity contribution in [1.82, 2.24) is 0 Å². The molecule has 1 heterocycles. The molecular formula is C13H14BrCl2NO3S. The topological polar surface area (TPSA) is 55.7 Å². The number of alkyl halides is 2. The van der Waals surface area contributed by atoms with Crippen LogP contribution in [0.4, 0.5) is 0 Å². The van der Waals surface area contributed by atoms with Crippen LogP contribution in [-0.4, -0.2) is 37.7 Å². The third-order valence-corrected chi connectivity index (χ3v) is 6.35. The lowest BCUT2D eigenvalue weighted by molar-refractivity contribution is 0.0181. The fourth-order valence-corrected chi connectivity index (χ4v) is 4.02. The van der Waals surface area contributed by atoms with Gasteiger partial charge in [-0.3, -0.25) is 0 Å². The molecule has 0 atom stereocenters. The summed E-state index contributed by atoms with van der Waals surface area (Å²) >= 11 is 15.2. The second kappa shape index (κ2) is 6.07. The molecule has 0 N–H and O–H groups in total. The van der Waals surface area contributed by atoms with Gasteiger partial charge in [0, 0.05) is 22.7 Å². The Morgan fingerprint density at radius 2 is 2.00 bits per heavy atom. The first-order valence-electron chi connectivity index (χ1n) is 6.10. The van der Waals surface area contributed by atoms with Gasteiger partial charge in [-0.05, 0) is 24.6 Å². The standard InChI is InChI=1S/C13H14BrCl2NO3S/c1-8-9(14)3-4-11(21(2,18)19)12(8)10-5-13(6-15,7-16)20-17-10/h3-4H,5-7H2,1-2H3. The van der Waals surface area contributed by atoms with Crippen molar-refractivity contribution in [1.29, 1.82) is 0 Å². The molecule has 0 unspecified atom stereocenters. The number of hydrogen-bond donors (Lipinski definition) is 0. The van der Waals surface area contributed by atoms with Crippen LogP contribution in [0.2, 0.25) is 0 Å². The van der Waals surface area contributed by atoms with Crippen LogP contribution >= 0.6 is 39.1 Å². The van der Waals surface area contributed by atoms with Crippen LogP contribution in [0, 0.1) is 6.92 Å². The smallest absolute Gasteiger partial charge is 0.176 e. The molecule has 0 fully saturated rings. The Morgan fingerprint density at radius 1 is 1.38 bits per heavy atom. The SMILES string of the molecule is Cc1c(Br)ccc(S(C)(=O)=O)c1C1=NOC(CCl)(CCl)C1. The molecule has 21 heavy (non-hydrogen) atoms. The minimum Gasteiger partial charge on any atom is -0.386 e. The maximum Gasteiger partial charge on any atom is 0.176 e. The van der Waals surface area contributed by atoms with E-state index in [0.29, 0.717) is 17.7 Å². The molecule has 8 heteroatoms. The molecule has 0 aromatic heterocycles. The third kappa shape index (κ3) is 3.23. The minimum absolute atomic E-state index is 0.185. The van der Waals surface area contributed by atoms with Crippen molar-refractivity contribution in [3.63, 3.8) is 0 Å². The van der Waals surface area contributed by atoms with Crippen molar-refractivity contribution in [2.75, 3.05) is 18.0 Å². The average Bonchev–Trinajstić information content (AvgIpc) is 2.85. The Kier molecular flexibility index (Phi) is 4.93. The number of benzene rings is 1. The highest BCUT2D eigenvalue weighted by Gasteiger charge is 2.40. The van der Waals surface area contributed by atoms with Gasteiger partial charge in [-0.2, -0.15) is 0 Å². The van der Waals surface area contributed by atoms with Gasteiger partial charge >= 0.3 is 0 Å². The van der Waals surface area contributed by atoms with E-state index in [9.17, 15) is 8.42 Å². The van der Waals surface area contributed by atoms with Crippen LogP contribution in [0.15, 0.2) is 26.7 Å². The van der Waals surface area contributed by atoms with E-state index in [-0.39, 0.29) is 16.7 Å². The van der Waals surface area contributed by atoms with Crippen molar-refractivity contribution < 1.29 is 13.3 Å². The summed E-state index contributed by atoms with van der Waals surface area (Å²) < 4.78 is 24.8. The molecular weight excluding hydrogens is 401 g/mol. The van der Waals surface area contributed by atoms with E-state index in [0.717, 1.165) is 10.0 Å². The monoisotopic (exact) mass is 413 g/mol. The molecule has 1 aromatic carbocycles. The summed E-state index contributed by atoms with van der Waals surface area (Å²) in [4.78, 5) is 5.61. The first-order valence-corrected chi connectivity index (χ1v) is 9.86. The number of hydrogen-bond acceptors (Lipinski definition) is 4. The summed E-state index contributed by atoms with van der Waals surface area (Å²) in [6.45, 7) is 1.83.